The molecule has 1 fully saturated rings. The molecule has 0 aliphatic carbocycles. The molecule has 1 unspecified atom stereocenters. The maximum Gasteiger partial charge on any atom is 0.338 e. The molecule has 27 heavy (non-hydrogen) atoms. The van der Waals surface area contributed by atoms with Crippen molar-refractivity contribution in [2.24, 2.45) is 0 Å². The summed E-state index contributed by atoms with van der Waals surface area (Å²) in [5.41, 5.74) is 1.45. The third-order valence-electron chi connectivity index (χ3n) is 4.53. The smallest absolute Gasteiger partial charge is 0.338 e. The van der Waals surface area contributed by atoms with Crippen molar-refractivity contribution in [3.8, 4) is 0 Å². The number of nitrogens with zero attached hydrogens (tertiary/aromatic N) is 2. The van der Waals surface area contributed by atoms with Crippen LogP contribution in [0.3, 0.4) is 0 Å². The van der Waals surface area contributed by atoms with Gasteiger partial charge in [0.1, 0.15) is 0 Å². The Labute approximate surface area is 157 Å². The topological polar surface area (TPSA) is 80.1 Å². The Kier molecular flexibility index (Phi) is 5.59. The summed E-state index contributed by atoms with van der Waals surface area (Å²) in [7, 11) is 0. The van der Waals surface area contributed by atoms with Gasteiger partial charge in [-0.05, 0) is 38.1 Å². The van der Waals surface area contributed by atoms with Gasteiger partial charge in [0.2, 0.25) is 0 Å². The van der Waals surface area contributed by atoms with Crippen molar-refractivity contribution in [1.82, 2.24) is 9.80 Å². The van der Waals surface area contributed by atoms with Crippen LogP contribution in [0.15, 0.2) is 47.1 Å². The van der Waals surface area contributed by atoms with Gasteiger partial charge in [-0.25, -0.2) is 4.79 Å². The minimum absolute atomic E-state index is 0.189. The van der Waals surface area contributed by atoms with Gasteiger partial charge in [0.25, 0.3) is 11.8 Å². The molecule has 3 rings (SSSR count). The van der Waals surface area contributed by atoms with Crippen molar-refractivity contribution in [2.75, 3.05) is 26.2 Å². The minimum Gasteiger partial charge on any atom is -0.459 e. The van der Waals surface area contributed by atoms with Gasteiger partial charge in [-0.1, -0.05) is 17.7 Å². The predicted molar refractivity (Wildman–Crippen MR) is 97.2 cm³/mol. The van der Waals surface area contributed by atoms with Crippen LogP contribution in [0.1, 0.15) is 33.4 Å². The third-order valence-corrected chi connectivity index (χ3v) is 4.53. The van der Waals surface area contributed by atoms with E-state index in [1.807, 2.05) is 19.1 Å². The molecule has 1 aromatic carbocycles. The van der Waals surface area contributed by atoms with Crippen LogP contribution in [0.2, 0.25) is 0 Å². The van der Waals surface area contributed by atoms with E-state index in [0.29, 0.717) is 31.7 Å². The van der Waals surface area contributed by atoms with E-state index in [4.69, 9.17) is 9.15 Å². The van der Waals surface area contributed by atoms with E-state index in [-0.39, 0.29) is 17.6 Å². The molecule has 0 saturated carbocycles. The van der Waals surface area contributed by atoms with Crippen molar-refractivity contribution in [3.63, 3.8) is 0 Å². The number of amides is 2. The van der Waals surface area contributed by atoms with Gasteiger partial charge in [-0.2, -0.15) is 0 Å². The maximum absolute atomic E-state index is 12.6. The summed E-state index contributed by atoms with van der Waals surface area (Å²) in [6.45, 7) is 5.08. The number of hydrogen-bond acceptors (Lipinski definition) is 5. The largest absolute Gasteiger partial charge is 0.459 e. The lowest BCUT2D eigenvalue weighted by Crippen LogP contribution is -2.53. The highest BCUT2D eigenvalue weighted by Gasteiger charge is 2.29. The fourth-order valence-corrected chi connectivity index (χ4v) is 2.91. The van der Waals surface area contributed by atoms with Gasteiger partial charge < -0.3 is 19.0 Å². The first-order valence-corrected chi connectivity index (χ1v) is 8.85. The van der Waals surface area contributed by atoms with Crippen LogP contribution in [0, 0.1) is 6.92 Å². The van der Waals surface area contributed by atoms with Crippen LogP contribution in [0.4, 0.5) is 0 Å². The number of piperazine rings is 1. The number of aryl methyl sites for hydroxylation is 1. The average Bonchev–Trinajstić information content (AvgIpc) is 3.22. The summed E-state index contributed by atoms with van der Waals surface area (Å²) >= 11 is 0. The Hall–Kier alpha value is -3.09. The quantitative estimate of drug-likeness (QED) is 0.770. The molecule has 0 spiro atoms. The lowest BCUT2D eigenvalue weighted by atomic mass is 10.1. The lowest BCUT2D eigenvalue weighted by molar-refractivity contribution is -0.141. The van der Waals surface area contributed by atoms with Crippen LogP contribution >= 0.6 is 0 Å². The molecule has 1 saturated heterocycles. The van der Waals surface area contributed by atoms with Gasteiger partial charge in [-0.3, -0.25) is 9.59 Å². The van der Waals surface area contributed by atoms with E-state index in [1.165, 1.54) is 6.26 Å². The van der Waals surface area contributed by atoms with Crippen molar-refractivity contribution in [3.05, 3.63) is 59.5 Å². The summed E-state index contributed by atoms with van der Waals surface area (Å²) in [6.07, 6.45) is 0.572. The number of hydrogen-bond donors (Lipinski definition) is 0. The fourth-order valence-electron chi connectivity index (χ4n) is 2.91. The number of carbonyl (C=O) groups is 3. The molecule has 2 heterocycles. The van der Waals surface area contributed by atoms with Gasteiger partial charge in [0, 0.05) is 26.2 Å². The maximum atomic E-state index is 12.6. The molecule has 0 bridgehead atoms. The molecule has 0 N–H and O–H groups in total. The van der Waals surface area contributed by atoms with E-state index < -0.39 is 12.1 Å². The number of rotatable bonds is 4. The van der Waals surface area contributed by atoms with E-state index in [9.17, 15) is 14.4 Å². The van der Waals surface area contributed by atoms with Crippen molar-refractivity contribution in [1.29, 1.82) is 0 Å². The first-order valence-electron chi connectivity index (χ1n) is 8.85. The molecule has 7 heteroatoms. The number of carbonyl (C=O) groups excluding carboxylic acids is 3. The third kappa shape index (κ3) is 4.36. The second-order valence-corrected chi connectivity index (χ2v) is 6.51. The normalized spacial score (nSPS) is 15.3. The first kappa shape index (κ1) is 18.7. The number of ether oxygens (including phenoxy) is 1. The Balaban J connectivity index is 1.51. The summed E-state index contributed by atoms with van der Waals surface area (Å²) in [6, 6.07) is 10.3. The summed E-state index contributed by atoms with van der Waals surface area (Å²) in [4.78, 5) is 40.2. The second kappa shape index (κ2) is 8.07. The molecule has 1 aliphatic heterocycles. The minimum atomic E-state index is -0.883. The highest BCUT2D eigenvalue weighted by atomic mass is 16.5. The SMILES string of the molecule is Cc1ccc(C(=O)OC(C)C(=O)N2CCN(C(=O)c3ccco3)CC2)cc1. The number of furan rings is 1. The monoisotopic (exact) mass is 370 g/mol. The molecule has 2 aromatic rings. The van der Waals surface area contributed by atoms with Crippen molar-refractivity contribution >= 4 is 17.8 Å². The van der Waals surface area contributed by atoms with E-state index in [0.717, 1.165) is 5.56 Å². The van der Waals surface area contributed by atoms with Crippen LogP contribution in [-0.4, -0.2) is 59.9 Å². The van der Waals surface area contributed by atoms with E-state index >= 15 is 0 Å². The molecule has 7 nitrogen and oxygen atoms in total. The van der Waals surface area contributed by atoms with E-state index in [1.54, 1.807) is 41.0 Å². The van der Waals surface area contributed by atoms with Crippen molar-refractivity contribution in [2.45, 2.75) is 20.0 Å². The zero-order chi connectivity index (χ0) is 19.4. The second-order valence-electron chi connectivity index (χ2n) is 6.51. The lowest BCUT2D eigenvalue weighted by Gasteiger charge is -2.35. The summed E-state index contributed by atoms with van der Waals surface area (Å²) < 4.78 is 10.4. The Morgan fingerprint density at radius 1 is 1.00 bits per heavy atom. The Morgan fingerprint density at radius 2 is 1.63 bits per heavy atom. The molecule has 0 radical (unpaired) electrons. The van der Waals surface area contributed by atoms with Crippen LogP contribution in [0.5, 0.6) is 0 Å². The Bertz CT molecular complexity index is 805. The predicted octanol–water partition coefficient (Wildman–Crippen LogP) is 2.12. The standard InChI is InChI=1S/C20H22N2O5/c1-14-5-7-16(8-6-14)20(25)27-15(2)18(23)21-9-11-22(12-10-21)19(24)17-4-3-13-26-17/h3-8,13,15H,9-12H2,1-2H3. The van der Waals surface area contributed by atoms with Gasteiger partial charge >= 0.3 is 5.97 Å². The number of benzene rings is 1. The van der Waals surface area contributed by atoms with E-state index in [2.05, 4.69) is 0 Å². The summed E-state index contributed by atoms with van der Waals surface area (Å²) in [5, 5.41) is 0. The summed E-state index contributed by atoms with van der Waals surface area (Å²) in [5.74, 6) is -0.691. The van der Waals surface area contributed by atoms with Gasteiger partial charge in [-0.15, -0.1) is 0 Å². The van der Waals surface area contributed by atoms with Crippen LogP contribution in [-0.2, 0) is 9.53 Å². The van der Waals surface area contributed by atoms with Crippen LogP contribution < -0.4 is 0 Å². The molecule has 2 amide bonds. The molecule has 1 atom stereocenters. The van der Waals surface area contributed by atoms with Crippen molar-refractivity contribution < 1.29 is 23.5 Å². The molecule has 1 aromatic heterocycles. The van der Waals surface area contributed by atoms with Gasteiger partial charge in [0.05, 0.1) is 11.8 Å². The van der Waals surface area contributed by atoms with Crippen LogP contribution in [0.25, 0.3) is 0 Å². The highest BCUT2D eigenvalue weighted by Crippen LogP contribution is 2.12. The highest BCUT2D eigenvalue weighted by molar-refractivity contribution is 5.93. The molecular formula is C20H22N2O5. The molecular weight excluding hydrogens is 348 g/mol. The first-order chi connectivity index (χ1) is 13.0. The zero-order valence-electron chi connectivity index (χ0n) is 15.4. The number of esters is 1. The molecule has 1 aliphatic rings. The molecule has 142 valence electrons. The van der Waals surface area contributed by atoms with Gasteiger partial charge in [0.15, 0.2) is 11.9 Å². The average molecular weight is 370 g/mol. The zero-order valence-corrected chi connectivity index (χ0v) is 15.4. The Morgan fingerprint density at radius 3 is 2.22 bits per heavy atom. The fraction of sp³-hybridized carbons (Fsp3) is 0.350.